The van der Waals surface area contributed by atoms with Crippen molar-refractivity contribution in [1.82, 2.24) is 4.31 Å². The molecule has 2 aromatic carbocycles. The van der Waals surface area contributed by atoms with Crippen LogP contribution in [0.25, 0.3) is 0 Å². The summed E-state index contributed by atoms with van der Waals surface area (Å²) in [5, 5.41) is 0. The zero-order valence-corrected chi connectivity index (χ0v) is 14.9. The quantitative estimate of drug-likeness (QED) is 0.876. The van der Waals surface area contributed by atoms with Crippen LogP contribution in [0.2, 0.25) is 0 Å². The molecule has 0 spiro atoms. The Morgan fingerprint density at radius 3 is 2.36 bits per heavy atom. The van der Waals surface area contributed by atoms with Gasteiger partial charge in [-0.05, 0) is 30.2 Å². The monoisotopic (exact) mass is 388 g/mol. The molecule has 2 aromatic rings. The van der Waals surface area contributed by atoms with Crippen LogP contribution in [-0.2, 0) is 10.0 Å². The molecule has 136 valence electrons. The Bertz CT molecular complexity index is 834. The van der Waals surface area contributed by atoms with Gasteiger partial charge in [-0.1, -0.05) is 36.4 Å². The van der Waals surface area contributed by atoms with Gasteiger partial charge in [0, 0.05) is 19.0 Å². The second-order valence-electron chi connectivity index (χ2n) is 5.89. The Morgan fingerprint density at radius 2 is 1.72 bits per heavy atom. The predicted octanol–water partition coefficient (Wildman–Crippen LogP) is 2.75. The minimum atomic E-state index is -4.11. The molecule has 1 heterocycles. The first-order valence-corrected chi connectivity index (χ1v) is 9.08. The van der Waals surface area contributed by atoms with Gasteiger partial charge in [0.25, 0.3) is 0 Å². The molecule has 4 nitrogen and oxygen atoms in total. The normalized spacial score (nSPS) is 21.1. The molecule has 0 aliphatic carbocycles. The van der Waals surface area contributed by atoms with E-state index in [9.17, 15) is 17.2 Å². The van der Waals surface area contributed by atoms with E-state index in [4.69, 9.17) is 5.73 Å². The van der Waals surface area contributed by atoms with Gasteiger partial charge in [0.1, 0.15) is 4.90 Å². The number of hydrogen-bond donors (Lipinski definition) is 1. The summed E-state index contributed by atoms with van der Waals surface area (Å²) in [6.45, 7) is 0.704. The molecule has 3 rings (SSSR count). The van der Waals surface area contributed by atoms with Crippen molar-refractivity contribution >= 4 is 22.4 Å². The number of hydrogen-bond acceptors (Lipinski definition) is 3. The molecule has 0 amide bonds. The first-order chi connectivity index (χ1) is 11.4. The van der Waals surface area contributed by atoms with Gasteiger partial charge >= 0.3 is 0 Å². The molecule has 25 heavy (non-hydrogen) atoms. The lowest BCUT2D eigenvalue weighted by molar-refractivity contribution is 0.443. The third-order valence-corrected chi connectivity index (χ3v) is 6.32. The SMILES string of the molecule is Cl.NC[C@@H]1CN(S(=O)(=O)c2cccc(F)c2F)C[C@H]1c1ccccc1. The Labute approximate surface area is 152 Å². The maximum Gasteiger partial charge on any atom is 0.246 e. The summed E-state index contributed by atoms with van der Waals surface area (Å²) in [5.41, 5.74) is 6.80. The lowest BCUT2D eigenvalue weighted by Crippen LogP contribution is -2.30. The minimum absolute atomic E-state index is 0. The van der Waals surface area contributed by atoms with Crippen molar-refractivity contribution in [1.29, 1.82) is 0 Å². The van der Waals surface area contributed by atoms with E-state index in [1.54, 1.807) is 0 Å². The summed E-state index contributed by atoms with van der Waals surface area (Å²) in [6.07, 6.45) is 0. The topological polar surface area (TPSA) is 63.4 Å². The van der Waals surface area contributed by atoms with Crippen LogP contribution in [-0.4, -0.2) is 32.4 Å². The molecular formula is C17H19ClF2N2O2S. The van der Waals surface area contributed by atoms with E-state index < -0.39 is 26.6 Å². The first-order valence-electron chi connectivity index (χ1n) is 7.64. The van der Waals surface area contributed by atoms with E-state index in [2.05, 4.69) is 0 Å². The Hall–Kier alpha value is -1.54. The number of sulfonamides is 1. The third-order valence-electron chi connectivity index (χ3n) is 4.47. The number of nitrogens with zero attached hydrogens (tertiary/aromatic N) is 1. The summed E-state index contributed by atoms with van der Waals surface area (Å²) >= 11 is 0. The highest BCUT2D eigenvalue weighted by molar-refractivity contribution is 7.89. The van der Waals surface area contributed by atoms with Crippen molar-refractivity contribution in [3.8, 4) is 0 Å². The molecule has 0 saturated carbocycles. The maximum atomic E-state index is 13.9. The second-order valence-corrected chi connectivity index (χ2v) is 7.79. The summed E-state index contributed by atoms with van der Waals surface area (Å²) < 4.78 is 54.0. The number of benzene rings is 2. The van der Waals surface area contributed by atoms with Crippen molar-refractivity contribution in [2.45, 2.75) is 10.8 Å². The van der Waals surface area contributed by atoms with Gasteiger partial charge < -0.3 is 5.73 Å². The molecule has 0 radical (unpaired) electrons. The van der Waals surface area contributed by atoms with Crippen LogP contribution in [0.3, 0.4) is 0 Å². The summed E-state index contributed by atoms with van der Waals surface area (Å²) in [5.74, 6) is -2.66. The highest BCUT2D eigenvalue weighted by Crippen LogP contribution is 2.35. The highest BCUT2D eigenvalue weighted by Gasteiger charge is 2.40. The summed E-state index contributed by atoms with van der Waals surface area (Å²) in [6, 6.07) is 12.7. The Balaban J connectivity index is 0.00000225. The van der Waals surface area contributed by atoms with Gasteiger partial charge in [-0.25, -0.2) is 17.2 Å². The average molecular weight is 389 g/mol. The maximum absolute atomic E-state index is 13.9. The standard InChI is InChI=1S/C17H18F2N2O2S.ClH/c18-15-7-4-8-16(17(15)19)24(22,23)21-10-13(9-20)14(11-21)12-5-2-1-3-6-12;/h1-8,13-14H,9-11,20H2;1H/t13-,14+;/m1./s1. The fourth-order valence-corrected chi connectivity index (χ4v) is 4.76. The van der Waals surface area contributed by atoms with Crippen LogP contribution < -0.4 is 5.73 Å². The van der Waals surface area contributed by atoms with Crippen LogP contribution >= 0.6 is 12.4 Å². The van der Waals surface area contributed by atoms with E-state index in [1.807, 2.05) is 30.3 Å². The van der Waals surface area contributed by atoms with E-state index in [-0.39, 0.29) is 37.3 Å². The van der Waals surface area contributed by atoms with Crippen molar-refractivity contribution in [3.63, 3.8) is 0 Å². The van der Waals surface area contributed by atoms with E-state index >= 15 is 0 Å². The van der Waals surface area contributed by atoms with Gasteiger partial charge in [-0.2, -0.15) is 4.31 Å². The molecule has 2 atom stereocenters. The van der Waals surface area contributed by atoms with Gasteiger partial charge in [0.2, 0.25) is 10.0 Å². The van der Waals surface area contributed by atoms with Gasteiger partial charge in [-0.3, -0.25) is 0 Å². The van der Waals surface area contributed by atoms with E-state index in [0.29, 0.717) is 6.54 Å². The molecule has 0 aromatic heterocycles. The van der Waals surface area contributed by atoms with Crippen LogP contribution in [0.5, 0.6) is 0 Å². The fraction of sp³-hybridized carbons (Fsp3) is 0.294. The summed E-state index contributed by atoms with van der Waals surface area (Å²) in [7, 11) is -4.11. The minimum Gasteiger partial charge on any atom is -0.330 e. The summed E-state index contributed by atoms with van der Waals surface area (Å²) in [4.78, 5) is -0.632. The van der Waals surface area contributed by atoms with Gasteiger partial charge in [-0.15, -0.1) is 12.4 Å². The number of halogens is 3. The second kappa shape index (κ2) is 7.78. The number of nitrogens with two attached hydrogens (primary N) is 1. The molecular weight excluding hydrogens is 370 g/mol. The molecule has 1 saturated heterocycles. The zero-order chi connectivity index (χ0) is 17.3. The third kappa shape index (κ3) is 3.69. The molecule has 0 bridgehead atoms. The molecule has 0 unspecified atom stereocenters. The average Bonchev–Trinajstić information content (AvgIpc) is 3.03. The van der Waals surface area contributed by atoms with E-state index in [0.717, 1.165) is 17.7 Å². The van der Waals surface area contributed by atoms with Crippen molar-refractivity contribution in [3.05, 3.63) is 65.7 Å². The largest absolute Gasteiger partial charge is 0.330 e. The lowest BCUT2D eigenvalue weighted by Gasteiger charge is -2.17. The molecule has 1 fully saturated rings. The van der Waals surface area contributed by atoms with Crippen LogP contribution in [0, 0.1) is 17.6 Å². The van der Waals surface area contributed by atoms with Crippen LogP contribution in [0.1, 0.15) is 11.5 Å². The lowest BCUT2D eigenvalue weighted by atomic mass is 9.89. The van der Waals surface area contributed by atoms with Crippen molar-refractivity contribution in [2.75, 3.05) is 19.6 Å². The van der Waals surface area contributed by atoms with Crippen molar-refractivity contribution < 1.29 is 17.2 Å². The van der Waals surface area contributed by atoms with Gasteiger partial charge in [0.15, 0.2) is 11.6 Å². The predicted molar refractivity (Wildman–Crippen MR) is 94.1 cm³/mol. The highest BCUT2D eigenvalue weighted by atomic mass is 35.5. The van der Waals surface area contributed by atoms with Crippen LogP contribution in [0.15, 0.2) is 53.4 Å². The fourth-order valence-electron chi connectivity index (χ4n) is 3.17. The molecule has 2 N–H and O–H groups in total. The number of rotatable bonds is 4. The van der Waals surface area contributed by atoms with Gasteiger partial charge in [0.05, 0.1) is 0 Å². The van der Waals surface area contributed by atoms with E-state index in [1.165, 1.54) is 10.4 Å². The first kappa shape index (κ1) is 19.8. The molecule has 1 aliphatic rings. The molecule has 1 aliphatic heterocycles. The Morgan fingerprint density at radius 1 is 1.04 bits per heavy atom. The zero-order valence-electron chi connectivity index (χ0n) is 13.3. The molecule has 8 heteroatoms. The van der Waals surface area contributed by atoms with Crippen LogP contribution in [0.4, 0.5) is 8.78 Å². The van der Waals surface area contributed by atoms with Crippen molar-refractivity contribution in [2.24, 2.45) is 11.7 Å². The smallest absolute Gasteiger partial charge is 0.246 e. The Kier molecular flexibility index (Phi) is 6.16.